The van der Waals surface area contributed by atoms with Crippen LogP contribution in [0.4, 0.5) is 0 Å². The van der Waals surface area contributed by atoms with Crippen LogP contribution in [0.3, 0.4) is 0 Å². The van der Waals surface area contributed by atoms with E-state index in [0.29, 0.717) is 6.61 Å². The number of hydrogen-bond donors (Lipinski definition) is 2. The zero-order valence-electron chi connectivity index (χ0n) is 19.0. The molecule has 0 aromatic heterocycles. The summed E-state index contributed by atoms with van der Waals surface area (Å²) in [6, 6.07) is 0. The molecule has 1 fully saturated rings. The molecule has 0 unspecified atom stereocenters. The summed E-state index contributed by atoms with van der Waals surface area (Å²) < 4.78 is 5.24. The number of Topliss-reactive ketones (excluding diaryl/α,β-unsaturated/α-hetero) is 1. The lowest BCUT2D eigenvalue weighted by Gasteiger charge is -2.51. The zero-order chi connectivity index (χ0) is 22.9. The van der Waals surface area contributed by atoms with Gasteiger partial charge in [0, 0.05) is 18.3 Å². The Morgan fingerprint density at radius 1 is 1.32 bits per heavy atom. The Morgan fingerprint density at radius 2 is 2.03 bits per heavy atom. The van der Waals surface area contributed by atoms with Crippen molar-refractivity contribution in [3.63, 3.8) is 0 Å². The predicted octanol–water partition coefficient (Wildman–Crippen LogP) is 4.16. The van der Waals surface area contributed by atoms with Gasteiger partial charge in [0.2, 0.25) is 0 Å². The SMILES string of the molecule is C/C=C1\NC(=O)C(C(=O)[C@]2(C)[C@H](/C=C/C)C(C)=C[C@@H]3C[C@@H](COC(C)=O)CC[C@H]32)=C1O. The molecule has 0 aromatic rings. The molecule has 5 atom stereocenters. The van der Waals surface area contributed by atoms with E-state index in [-0.39, 0.29) is 52.5 Å². The molecular weight excluding hydrogens is 394 g/mol. The number of nitrogens with one attached hydrogen (secondary N) is 1. The third-order valence-electron chi connectivity index (χ3n) is 7.27. The van der Waals surface area contributed by atoms with Crippen LogP contribution in [0.15, 0.2) is 46.9 Å². The average molecular weight is 428 g/mol. The van der Waals surface area contributed by atoms with E-state index in [0.717, 1.165) is 24.8 Å². The van der Waals surface area contributed by atoms with Gasteiger partial charge in [-0.25, -0.2) is 0 Å². The molecule has 168 valence electrons. The molecule has 3 aliphatic rings. The Bertz CT molecular complexity index is 909. The van der Waals surface area contributed by atoms with Crippen molar-refractivity contribution in [2.24, 2.45) is 29.1 Å². The number of carbonyl (C=O) groups is 3. The number of ketones is 1. The lowest BCUT2D eigenvalue weighted by atomic mass is 9.51. The first-order valence-corrected chi connectivity index (χ1v) is 11.1. The Hall–Kier alpha value is -2.63. The van der Waals surface area contributed by atoms with E-state index in [9.17, 15) is 19.5 Å². The fraction of sp³-hybridized carbons (Fsp3) is 0.560. The smallest absolute Gasteiger partial charge is 0.302 e. The molecule has 0 saturated heterocycles. The number of amides is 1. The van der Waals surface area contributed by atoms with E-state index >= 15 is 0 Å². The van der Waals surface area contributed by atoms with Crippen molar-refractivity contribution in [2.75, 3.05) is 6.61 Å². The highest BCUT2D eigenvalue weighted by molar-refractivity contribution is 6.24. The van der Waals surface area contributed by atoms with Crippen LogP contribution in [0.1, 0.15) is 53.9 Å². The van der Waals surface area contributed by atoms with Gasteiger partial charge in [-0.1, -0.05) is 36.8 Å². The van der Waals surface area contributed by atoms with E-state index < -0.39 is 11.3 Å². The molecule has 0 bridgehead atoms. The van der Waals surface area contributed by atoms with Gasteiger partial charge in [0.05, 0.1) is 12.3 Å². The van der Waals surface area contributed by atoms with Crippen molar-refractivity contribution in [1.82, 2.24) is 5.32 Å². The number of esters is 1. The number of carbonyl (C=O) groups excluding carboxylic acids is 3. The van der Waals surface area contributed by atoms with Crippen LogP contribution in [0.25, 0.3) is 0 Å². The number of rotatable bonds is 5. The Morgan fingerprint density at radius 3 is 2.61 bits per heavy atom. The van der Waals surface area contributed by atoms with Gasteiger partial charge in [-0.15, -0.1) is 0 Å². The van der Waals surface area contributed by atoms with E-state index in [1.54, 1.807) is 13.0 Å². The first-order valence-electron chi connectivity index (χ1n) is 11.1. The van der Waals surface area contributed by atoms with E-state index in [2.05, 4.69) is 11.4 Å². The van der Waals surface area contributed by atoms with Gasteiger partial charge in [-0.2, -0.15) is 0 Å². The Kier molecular flexibility index (Phi) is 6.58. The second-order valence-corrected chi connectivity index (χ2v) is 9.16. The lowest BCUT2D eigenvalue weighted by molar-refractivity contribution is -0.143. The average Bonchev–Trinajstić information content (AvgIpc) is 3.01. The summed E-state index contributed by atoms with van der Waals surface area (Å²) >= 11 is 0. The molecule has 3 rings (SSSR count). The van der Waals surface area contributed by atoms with Crippen molar-refractivity contribution in [3.05, 3.63) is 46.9 Å². The maximum atomic E-state index is 14.0. The highest BCUT2D eigenvalue weighted by Crippen LogP contribution is 2.56. The topological polar surface area (TPSA) is 92.7 Å². The first-order chi connectivity index (χ1) is 14.6. The number of fused-ring (bicyclic) bond motifs is 1. The highest BCUT2D eigenvalue weighted by Gasteiger charge is 2.55. The summed E-state index contributed by atoms with van der Waals surface area (Å²) in [4.78, 5) is 37.8. The van der Waals surface area contributed by atoms with Crippen LogP contribution in [0.5, 0.6) is 0 Å². The number of aliphatic hydroxyl groups is 1. The van der Waals surface area contributed by atoms with Crippen LogP contribution < -0.4 is 5.32 Å². The van der Waals surface area contributed by atoms with Crippen LogP contribution in [-0.2, 0) is 19.1 Å². The molecule has 1 heterocycles. The van der Waals surface area contributed by atoms with E-state index in [1.165, 1.54) is 6.92 Å². The van der Waals surface area contributed by atoms with Crippen molar-refractivity contribution < 1.29 is 24.2 Å². The van der Waals surface area contributed by atoms with Gasteiger partial charge < -0.3 is 15.2 Å². The minimum absolute atomic E-state index is 0.0289. The van der Waals surface area contributed by atoms with Crippen LogP contribution in [0.2, 0.25) is 0 Å². The summed E-state index contributed by atoms with van der Waals surface area (Å²) in [6.07, 6.45) is 10.3. The molecule has 0 spiro atoms. The zero-order valence-corrected chi connectivity index (χ0v) is 19.0. The summed E-state index contributed by atoms with van der Waals surface area (Å²) in [7, 11) is 0. The van der Waals surface area contributed by atoms with Gasteiger partial charge in [0.15, 0.2) is 11.5 Å². The molecule has 6 heteroatoms. The fourth-order valence-corrected chi connectivity index (χ4v) is 5.79. The van der Waals surface area contributed by atoms with Crippen molar-refractivity contribution in [3.8, 4) is 0 Å². The van der Waals surface area contributed by atoms with Gasteiger partial charge in [-0.3, -0.25) is 14.4 Å². The number of aliphatic hydroxyl groups excluding tert-OH is 1. The molecule has 1 amide bonds. The second-order valence-electron chi connectivity index (χ2n) is 9.16. The van der Waals surface area contributed by atoms with E-state index in [1.807, 2.05) is 32.9 Å². The predicted molar refractivity (Wildman–Crippen MR) is 118 cm³/mol. The molecule has 31 heavy (non-hydrogen) atoms. The van der Waals surface area contributed by atoms with Gasteiger partial charge in [0.1, 0.15) is 5.57 Å². The molecule has 2 N–H and O–H groups in total. The molecular formula is C25H33NO5. The summed E-state index contributed by atoms with van der Waals surface area (Å²) in [5.74, 6) is -1.10. The normalized spacial score (nSPS) is 34.5. The largest absolute Gasteiger partial charge is 0.505 e. The maximum Gasteiger partial charge on any atom is 0.302 e. The number of ether oxygens (including phenoxy) is 1. The molecule has 6 nitrogen and oxygen atoms in total. The highest BCUT2D eigenvalue weighted by atomic mass is 16.5. The third kappa shape index (κ3) is 4.00. The molecule has 0 aromatic carbocycles. The Labute approximate surface area is 184 Å². The third-order valence-corrected chi connectivity index (χ3v) is 7.27. The number of hydrogen-bond acceptors (Lipinski definition) is 5. The minimum Gasteiger partial charge on any atom is -0.505 e. The van der Waals surface area contributed by atoms with Crippen LogP contribution in [-0.4, -0.2) is 29.4 Å². The van der Waals surface area contributed by atoms with Crippen molar-refractivity contribution >= 4 is 17.7 Å². The second kappa shape index (κ2) is 8.85. The lowest BCUT2D eigenvalue weighted by Crippen LogP contribution is -2.51. The molecule has 0 radical (unpaired) electrons. The monoisotopic (exact) mass is 427 g/mol. The Balaban J connectivity index is 2.01. The van der Waals surface area contributed by atoms with Gasteiger partial charge in [-0.05, 0) is 57.8 Å². The van der Waals surface area contributed by atoms with Crippen LogP contribution in [0, 0.1) is 29.1 Å². The molecule has 1 aliphatic heterocycles. The standard InChI is InChI=1S/C25H33NO5/c1-6-8-18-14(3)11-17-12-16(13-31-15(4)27)9-10-19(17)25(18,5)23(29)21-22(28)20(7-2)26-24(21)30/h6-8,11,16-19,28H,9-10,12-13H2,1-5H3,(H,26,30)/b8-6+,20-7-/t16-,17+,18+,19+,25+/m0/s1. The van der Waals surface area contributed by atoms with Gasteiger partial charge >= 0.3 is 5.97 Å². The maximum absolute atomic E-state index is 14.0. The van der Waals surface area contributed by atoms with Crippen LogP contribution >= 0.6 is 0 Å². The quantitative estimate of drug-likeness (QED) is 0.391. The first kappa shape index (κ1) is 23.0. The van der Waals surface area contributed by atoms with E-state index in [4.69, 9.17) is 4.74 Å². The van der Waals surface area contributed by atoms with Crippen molar-refractivity contribution in [1.29, 1.82) is 0 Å². The fourth-order valence-electron chi connectivity index (χ4n) is 5.79. The summed E-state index contributed by atoms with van der Waals surface area (Å²) in [5, 5.41) is 13.2. The number of allylic oxidation sites excluding steroid dienone is 5. The summed E-state index contributed by atoms with van der Waals surface area (Å²) in [6.45, 7) is 9.42. The van der Waals surface area contributed by atoms with Crippen molar-refractivity contribution in [2.45, 2.75) is 53.9 Å². The summed E-state index contributed by atoms with van der Waals surface area (Å²) in [5.41, 5.74) is 0.379. The van der Waals surface area contributed by atoms with Gasteiger partial charge in [0.25, 0.3) is 5.91 Å². The molecule has 1 saturated carbocycles. The molecule has 2 aliphatic carbocycles. The minimum atomic E-state index is -0.855.